The van der Waals surface area contributed by atoms with Gasteiger partial charge in [-0.05, 0) is 30.2 Å². The van der Waals surface area contributed by atoms with E-state index in [4.69, 9.17) is 0 Å². The second kappa shape index (κ2) is 5.05. The molecular weight excluding hydrogens is 260 g/mol. The number of H-pyrrole nitrogens is 1. The number of pyridine rings is 1. The van der Waals surface area contributed by atoms with Gasteiger partial charge in [0.05, 0.1) is 11.9 Å². The van der Waals surface area contributed by atoms with Crippen molar-refractivity contribution in [1.29, 1.82) is 0 Å². The highest BCUT2D eigenvalue weighted by Gasteiger charge is 2.20. The maximum atomic E-state index is 4.22. The van der Waals surface area contributed by atoms with Crippen molar-refractivity contribution in [3.63, 3.8) is 0 Å². The smallest absolute Gasteiger partial charge is 0.0715 e. The van der Waals surface area contributed by atoms with E-state index in [2.05, 4.69) is 50.4 Å². The van der Waals surface area contributed by atoms with E-state index in [0.29, 0.717) is 0 Å². The van der Waals surface area contributed by atoms with Crippen LogP contribution in [0.3, 0.4) is 0 Å². The van der Waals surface area contributed by atoms with Crippen LogP contribution in [0.4, 0.5) is 5.69 Å². The van der Waals surface area contributed by atoms with Gasteiger partial charge < -0.3 is 4.90 Å². The Balaban J connectivity index is 1.64. The van der Waals surface area contributed by atoms with Crippen molar-refractivity contribution in [3.05, 3.63) is 66.1 Å². The topological polar surface area (TPSA) is 44.8 Å². The number of hydrogen-bond acceptors (Lipinski definition) is 3. The second-order valence-corrected chi connectivity index (χ2v) is 5.31. The Labute approximate surface area is 123 Å². The molecule has 0 spiro atoms. The summed E-state index contributed by atoms with van der Waals surface area (Å²) in [6, 6.07) is 12.6. The zero-order chi connectivity index (χ0) is 14.1. The van der Waals surface area contributed by atoms with Crippen molar-refractivity contribution in [1.82, 2.24) is 15.2 Å². The van der Waals surface area contributed by atoms with Crippen molar-refractivity contribution in [2.75, 3.05) is 11.4 Å². The van der Waals surface area contributed by atoms with Gasteiger partial charge in [-0.15, -0.1) is 0 Å². The van der Waals surface area contributed by atoms with E-state index >= 15 is 0 Å². The summed E-state index contributed by atoms with van der Waals surface area (Å²) in [6.07, 6.45) is 6.70. The van der Waals surface area contributed by atoms with Gasteiger partial charge in [0.25, 0.3) is 0 Å². The normalized spacial score (nSPS) is 13.4. The van der Waals surface area contributed by atoms with E-state index in [1.165, 1.54) is 16.8 Å². The van der Waals surface area contributed by atoms with Gasteiger partial charge in [0.2, 0.25) is 0 Å². The molecule has 1 aliphatic heterocycles. The molecule has 1 aromatic carbocycles. The minimum absolute atomic E-state index is 0.873. The van der Waals surface area contributed by atoms with Crippen LogP contribution in [-0.4, -0.2) is 21.7 Å². The van der Waals surface area contributed by atoms with Gasteiger partial charge in [-0.1, -0.05) is 18.2 Å². The number of benzene rings is 1. The largest absolute Gasteiger partial charge is 0.367 e. The number of aromatic amines is 1. The number of anilines is 1. The first kappa shape index (κ1) is 12.1. The Kier molecular flexibility index (Phi) is 2.92. The molecule has 4 heteroatoms. The molecule has 0 bridgehead atoms. The quantitative estimate of drug-likeness (QED) is 0.799. The summed E-state index contributed by atoms with van der Waals surface area (Å²) < 4.78 is 0. The molecule has 0 atom stereocenters. The van der Waals surface area contributed by atoms with Crippen molar-refractivity contribution in [3.8, 4) is 11.3 Å². The first-order chi connectivity index (χ1) is 10.4. The molecule has 1 aliphatic rings. The lowest BCUT2D eigenvalue weighted by molar-refractivity contribution is 0.837. The fourth-order valence-electron chi connectivity index (χ4n) is 2.97. The summed E-state index contributed by atoms with van der Waals surface area (Å²) in [5, 5.41) is 7.32. The molecule has 4 rings (SSSR count). The number of nitrogens with zero attached hydrogens (tertiary/aromatic N) is 3. The number of para-hydroxylation sites is 1. The van der Waals surface area contributed by atoms with Crippen LogP contribution in [-0.2, 0) is 13.0 Å². The molecule has 4 nitrogen and oxygen atoms in total. The summed E-state index contributed by atoms with van der Waals surface area (Å²) in [4.78, 5) is 6.60. The summed E-state index contributed by atoms with van der Waals surface area (Å²) in [5.41, 5.74) is 6.13. The average Bonchev–Trinajstić information content (AvgIpc) is 3.16. The molecule has 0 fully saturated rings. The van der Waals surface area contributed by atoms with Crippen LogP contribution >= 0.6 is 0 Å². The summed E-state index contributed by atoms with van der Waals surface area (Å²) >= 11 is 0. The Bertz CT molecular complexity index is 748. The fraction of sp³-hybridized carbons (Fsp3) is 0.176. The van der Waals surface area contributed by atoms with E-state index in [9.17, 15) is 0 Å². The molecule has 0 saturated heterocycles. The highest BCUT2D eigenvalue weighted by molar-refractivity contribution is 5.64. The van der Waals surface area contributed by atoms with Crippen LogP contribution in [0.5, 0.6) is 0 Å². The van der Waals surface area contributed by atoms with Gasteiger partial charge in [-0.25, -0.2) is 0 Å². The molecule has 3 heterocycles. The molecule has 1 N–H and O–H groups in total. The van der Waals surface area contributed by atoms with E-state index in [1.54, 1.807) is 6.20 Å². The average molecular weight is 276 g/mol. The van der Waals surface area contributed by atoms with Crippen LogP contribution in [0.25, 0.3) is 11.3 Å². The Morgan fingerprint density at radius 2 is 2.05 bits per heavy atom. The standard InChI is InChI=1S/C17H16N4/c1-2-6-16-13(4-1)7-9-21(16)12-15-11-19-20-17(15)14-5-3-8-18-10-14/h1-6,8,10-11H,7,9,12H2,(H,19,20). The van der Waals surface area contributed by atoms with E-state index < -0.39 is 0 Å². The fourth-order valence-corrected chi connectivity index (χ4v) is 2.97. The lowest BCUT2D eigenvalue weighted by atomic mass is 10.1. The maximum Gasteiger partial charge on any atom is 0.0715 e. The van der Waals surface area contributed by atoms with Crippen LogP contribution in [0.2, 0.25) is 0 Å². The third-order valence-electron chi connectivity index (χ3n) is 4.01. The van der Waals surface area contributed by atoms with E-state index in [-0.39, 0.29) is 0 Å². The number of fused-ring (bicyclic) bond motifs is 1. The SMILES string of the molecule is c1cncc(-c2[nH]ncc2CN2CCc3ccccc32)c1. The number of nitrogens with one attached hydrogen (secondary N) is 1. The Morgan fingerprint density at radius 1 is 1.10 bits per heavy atom. The lowest BCUT2D eigenvalue weighted by Crippen LogP contribution is -2.19. The van der Waals surface area contributed by atoms with Crippen molar-refractivity contribution >= 4 is 5.69 Å². The minimum Gasteiger partial charge on any atom is -0.367 e. The third kappa shape index (κ3) is 2.18. The predicted octanol–water partition coefficient (Wildman–Crippen LogP) is 3.03. The predicted molar refractivity (Wildman–Crippen MR) is 83.0 cm³/mol. The van der Waals surface area contributed by atoms with Crippen molar-refractivity contribution < 1.29 is 0 Å². The van der Waals surface area contributed by atoms with E-state index in [1.807, 2.05) is 18.5 Å². The molecule has 0 radical (unpaired) electrons. The number of aromatic nitrogens is 3. The van der Waals surface area contributed by atoms with Crippen LogP contribution in [0.1, 0.15) is 11.1 Å². The van der Waals surface area contributed by atoms with Crippen LogP contribution in [0.15, 0.2) is 55.0 Å². The van der Waals surface area contributed by atoms with Crippen LogP contribution in [0, 0.1) is 0 Å². The van der Waals surface area contributed by atoms with Gasteiger partial charge in [0.15, 0.2) is 0 Å². The molecule has 0 aliphatic carbocycles. The van der Waals surface area contributed by atoms with Gasteiger partial charge in [-0.2, -0.15) is 5.10 Å². The Hall–Kier alpha value is -2.62. The third-order valence-corrected chi connectivity index (χ3v) is 4.01. The first-order valence-corrected chi connectivity index (χ1v) is 7.17. The summed E-state index contributed by atoms with van der Waals surface area (Å²) in [7, 11) is 0. The first-order valence-electron chi connectivity index (χ1n) is 7.17. The van der Waals surface area contributed by atoms with E-state index in [0.717, 1.165) is 30.8 Å². The van der Waals surface area contributed by atoms with Gasteiger partial charge >= 0.3 is 0 Å². The summed E-state index contributed by atoms with van der Waals surface area (Å²) in [5.74, 6) is 0. The zero-order valence-corrected chi connectivity index (χ0v) is 11.7. The number of rotatable bonds is 3. The maximum absolute atomic E-state index is 4.22. The zero-order valence-electron chi connectivity index (χ0n) is 11.7. The Morgan fingerprint density at radius 3 is 2.95 bits per heavy atom. The van der Waals surface area contributed by atoms with Gasteiger partial charge in [-0.3, -0.25) is 10.1 Å². The van der Waals surface area contributed by atoms with Crippen molar-refractivity contribution in [2.24, 2.45) is 0 Å². The molecule has 3 aromatic rings. The molecule has 0 amide bonds. The molecule has 21 heavy (non-hydrogen) atoms. The molecule has 0 unspecified atom stereocenters. The molecular formula is C17H16N4. The highest BCUT2D eigenvalue weighted by Crippen LogP contribution is 2.30. The molecule has 2 aromatic heterocycles. The highest BCUT2D eigenvalue weighted by atomic mass is 15.2. The van der Waals surface area contributed by atoms with Crippen molar-refractivity contribution in [2.45, 2.75) is 13.0 Å². The molecule has 0 saturated carbocycles. The molecule has 104 valence electrons. The lowest BCUT2D eigenvalue weighted by Gasteiger charge is -2.19. The second-order valence-electron chi connectivity index (χ2n) is 5.31. The van der Waals surface area contributed by atoms with Gasteiger partial charge in [0, 0.05) is 42.3 Å². The van der Waals surface area contributed by atoms with Crippen LogP contribution < -0.4 is 4.90 Å². The van der Waals surface area contributed by atoms with Gasteiger partial charge in [0.1, 0.15) is 0 Å². The number of hydrogen-bond donors (Lipinski definition) is 1. The summed E-state index contributed by atoms with van der Waals surface area (Å²) in [6.45, 7) is 1.94. The minimum atomic E-state index is 0.873. The monoisotopic (exact) mass is 276 g/mol.